The van der Waals surface area contributed by atoms with Gasteiger partial charge < -0.3 is 0 Å². The van der Waals surface area contributed by atoms with Crippen molar-refractivity contribution < 1.29 is 4.79 Å². The number of rotatable bonds is 20. The molecule has 0 saturated carbocycles. The van der Waals surface area contributed by atoms with Gasteiger partial charge in [0.2, 0.25) is 0 Å². The number of carbonyl (C=O) groups is 1. The van der Waals surface area contributed by atoms with Crippen LogP contribution in [0.5, 0.6) is 0 Å². The van der Waals surface area contributed by atoms with Gasteiger partial charge in [-0.1, -0.05) is 134 Å². The zero-order valence-electron chi connectivity index (χ0n) is 19.7. The van der Waals surface area contributed by atoms with Gasteiger partial charge in [-0.2, -0.15) is 0 Å². The van der Waals surface area contributed by atoms with Crippen LogP contribution in [-0.2, 0) is 6.42 Å². The second-order valence-corrected chi connectivity index (χ2v) is 8.88. The Bertz CT molecular complexity index is 505. The topological polar surface area (TPSA) is 17.1 Å². The van der Waals surface area contributed by atoms with Crippen LogP contribution in [0.3, 0.4) is 0 Å². The largest absolute Gasteiger partial charge is 0.294 e. The summed E-state index contributed by atoms with van der Waals surface area (Å²) in [5, 5.41) is 0. The van der Waals surface area contributed by atoms with Gasteiger partial charge in [0.25, 0.3) is 0 Å². The molecular weight excluding hydrogens is 352 g/mol. The van der Waals surface area contributed by atoms with Crippen molar-refractivity contribution in [1.82, 2.24) is 0 Å². The third-order valence-electron chi connectivity index (χ3n) is 6.09. The highest BCUT2D eigenvalue weighted by Crippen LogP contribution is 2.17. The molecule has 0 unspecified atom stereocenters. The number of Topliss-reactive ketones (excluding diaryl/α,β-unsaturated/α-hetero) is 1. The van der Waals surface area contributed by atoms with Gasteiger partial charge in [0.1, 0.15) is 0 Å². The summed E-state index contributed by atoms with van der Waals surface area (Å²) in [7, 11) is 0. The van der Waals surface area contributed by atoms with Crippen LogP contribution < -0.4 is 0 Å². The van der Waals surface area contributed by atoms with Crippen LogP contribution in [0.15, 0.2) is 24.3 Å². The molecule has 0 aliphatic heterocycles. The Balaban J connectivity index is 1.93. The molecule has 0 bridgehead atoms. The van der Waals surface area contributed by atoms with Crippen LogP contribution in [0.25, 0.3) is 0 Å². The number of hydrogen-bond donors (Lipinski definition) is 0. The third-order valence-corrected chi connectivity index (χ3v) is 6.09. The lowest BCUT2D eigenvalue weighted by atomic mass is 9.96. The monoisotopic (exact) mass is 400 g/mol. The summed E-state index contributed by atoms with van der Waals surface area (Å²) in [6.45, 7) is 4.37. The van der Waals surface area contributed by atoms with E-state index in [1.807, 2.05) is 12.1 Å². The smallest absolute Gasteiger partial charge is 0.163 e. The van der Waals surface area contributed by atoms with Crippen LogP contribution in [0.1, 0.15) is 145 Å². The van der Waals surface area contributed by atoms with Gasteiger partial charge in [-0.05, 0) is 24.8 Å². The van der Waals surface area contributed by atoms with Crippen molar-refractivity contribution in [1.29, 1.82) is 0 Å². The van der Waals surface area contributed by atoms with E-state index in [2.05, 4.69) is 26.0 Å². The average molecular weight is 401 g/mol. The number of benzene rings is 1. The van der Waals surface area contributed by atoms with Crippen molar-refractivity contribution in [2.24, 2.45) is 0 Å². The molecule has 1 aromatic rings. The quantitative estimate of drug-likeness (QED) is 0.157. The van der Waals surface area contributed by atoms with Gasteiger partial charge in [0.15, 0.2) is 5.78 Å². The Labute approximate surface area is 182 Å². The maximum atomic E-state index is 12.2. The van der Waals surface area contributed by atoms with E-state index in [4.69, 9.17) is 0 Å². The van der Waals surface area contributed by atoms with Crippen molar-refractivity contribution in [2.45, 2.75) is 136 Å². The molecule has 0 aromatic heterocycles. The van der Waals surface area contributed by atoms with Gasteiger partial charge in [-0.25, -0.2) is 0 Å². The second kappa shape index (κ2) is 18.9. The predicted octanol–water partition coefficient (Wildman–Crippen LogP) is 9.47. The van der Waals surface area contributed by atoms with Crippen LogP contribution in [0.4, 0.5) is 0 Å². The minimum Gasteiger partial charge on any atom is -0.294 e. The van der Waals surface area contributed by atoms with Gasteiger partial charge in [-0.15, -0.1) is 0 Å². The van der Waals surface area contributed by atoms with Crippen LogP contribution in [0.2, 0.25) is 0 Å². The van der Waals surface area contributed by atoms with Gasteiger partial charge in [0, 0.05) is 12.0 Å². The first-order valence-electron chi connectivity index (χ1n) is 12.9. The summed E-state index contributed by atoms with van der Waals surface area (Å²) in [6, 6.07) is 8.23. The fourth-order valence-corrected chi connectivity index (χ4v) is 4.24. The molecular formula is C28H48O. The highest BCUT2D eigenvalue weighted by molar-refractivity contribution is 5.97. The Morgan fingerprint density at radius 3 is 1.52 bits per heavy atom. The molecule has 0 fully saturated rings. The lowest BCUT2D eigenvalue weighted by Crippen LogP contribution is -2.03. The SMILES string of the molecule is CCCCCCCCCCCCCCCCCCc1ccccc1C(=O)CCC. The van der Waals surface area contributed by atoms with Gasteiger partial charge in [-0.3, -0.25) is 4.79 Å². The van der Waals surface area contributed by atoms with Crippen LogP contribution in [-0.4, -0.2) is 5.78 Å². The third kappa shape index (κ3) is 13.7. The highest BCUT2D eigenvalue weighted by Gasteiger charge is 2.09. The molecule has 1 rings (SSSR count). The van der Waals surface area contributed by atoms with E-state index < -0.39 is 0 Å². The minimum absolute atomic E-state index is 0.319. The maximum Gasteiger partial charge on any atom is 0.163 e. The molecule has 29 heavy (non-hydrogen) atoms. The normalized spacial score (nSPS) is 11.1. The van der Waals surface area contributed by atoms with E-state index in [-0.39, 0.29) is 0 Å². The summed E-state index contributed by atoms with van der Waals surface area (Å²) in [6.07, 6.45) is 25.1. The number of unbranched alkanes of at least 4 members (excludes halogenated alkanes) is 15. The molecule has 1 aromatic carbocycles. The Morgan fingerprint density at radius 2 is 1.03 bits per heavy atom. The van der Waals surface area contributed by atoms with Crippen LogP contribution in [0, 0.1) is 0 Å². The molecule has 0 N–H and O–H groups in total. The molecule has 0 radical (unpaired) electrons. The lowest BCUT2D eigenvalue weighted by Gasteiger charge is -2.08. The summed E-state index contributed by atoms with van der Waals surface area (Å²) >= 11 is 0. The van der Waals surface area contributed by atoms with Crippen molar-refractivity contribution in [3.05, 3.63) is 35.4 Å². The first-order valence-corrected chi connectivity index (χ1v) is 12.9. The molecule has 0 aliphatic rings. The van der Waals surface area contributed by atoms with E-state index in [0.717, 1.165) is 18.4 Å². The summed E-state index contributed by atoms with van der Waals surface area (Å²) in [4.78, 5) is 12.2. The molecule has 1 nitrogen and oxygen atoms in total. The van der Waals surface area contributed by atoms with Crippen molar-refractivity contribution in [3.8, 4) is 0 Å². The van der Waals surface area contributed by atoms with E-state index in [0.29, 0.717) is 12.2 Å². The first kappa shape index (κ1) is 25.9. The number of carbonyl (C=O) groups excluding carboxylic acids is 1. The molecule has 0 aliphatic carbocycles. The number of ketones is 1. The molecule has 0 spiro atoms. The zero-order chi connectivity index (χ0) is 21.0. The van der Waals surface area contributed by atoms with E-state index in [1.165, 1.54) is 108 Å². The number of hydrogen-bond acceptors (Lipinski definition) is 1. The molecule has 166 valence electrons. The van der Waals surface area contributed by atoms with Crippen molar-refractivity contribution >= 4 is 5.78 Å². The van der Waals surface area contributed by atoms with E-state index in [9.17, 15) is 4.79 Å². The molecule has 0 atom stereocenters. The average Bonchev–Trinajstić information content (AvgIpc) is 2.74. The van der Waals surface area contributed by atoms with Gasteiger partial charge >= 0.3 is 0 Å². The standard InChI is InChI=1S/C28H48O/c1-3-5-6-7-8-9-10-11-12-13-14-15-16-17-18-19-23-26-24-20-21-25-27(26)28(29)22-4-2/h20-21,24-25H,3-19,22-23H2,1-2H3. The molecule has 1 heteroatoms. The van der Waals surface area contributed by atoms with Crippen molar-refractivity contribution in [3.63, 3.8) is 0 Å². The lowest BCUT2D eigenvalue weighted by molar-refractivity contribution is 0.0981. The Morgan fingerprint density at radius 1 is 0.586 bits per heavy atom. The van der Waals surface area contributed by atoms with E-state index in [1.54, 1.807) is 0 Å². The zero-order valence-corrected chi connectivity index (χ0v) is 19.7. The van der Waals surface area contributed by atoms with Crippen LogP contribution >= 0.6 is 0 Å². The summed E-state index contributed by atoms with van der Waals surface area (Å²) < 4.78 is 0. The molecule has 0 saturated heterocycles. The molecule has 0 heterocycles. The van der Waals surface area contributed by atoms with Gasteiger partial charge in [0.05, 0.1) is 0 Å². The van der Waals surface area contributed by atoms with Crippen molar-refractivity contribution in [2.75, 3.05) is 0 Å². The number of aryl methyl sites for hydroxylation is 1. The second-order valence-electron chi connectivity index (χ2n) is 8.88. The Kier molecular flexibility index (Phi) is 16.9. The summed E-state index contributed by atoms with van der Waals surface area (Å²) in [5.41, 5.74) is 2.23. The minimum atomic E-state index is 0.319. The molecule has 0 amide bonds. The summed E-state index contributed by atoms with van der Waals surface area (Å²) in [5.74, 6) is 0.319. The van der Waals surface area contributed by atoms with E-state index >= 15 is 0 Å². The fourth-order valence-electron chi connectivity index (χ4n) is 4.24. The maximum absolute atomic E-state index is 12.2. The predicted molar refractivity (Wildman–Crippen MR) is 129 cm³/mol. The fraction of sp³-hybridized carbons (Fsp3) is 0.750. The first-order chi connectivity index (χ1) is 14.3. The highest BCUT2D eigenvalue weighted by atomic mass is 16.1. The Hall–Kier alpha value is -1.11.